The van der Waals surface area contributed by atoms with Crippen molar-refractivity contribution in [3.05, 3.63) is 41.4 Å². The lowest BCUT2D eigenvalue weighted by Crippen LogP contribution is -2.37. The number of aromatic nitrogens is 4. The molecule has 0 bridgehead atoms. The molecule has 3 aromatic rings. The van der Waals surface area contributed by atoms with Gasteiger partial charge in [0.1, 0.15) is 12.2 Å². The predicted octanol–water partition coefficient (Wildman–Crippen LogP) is 3.65. The number of benzene rings is 1. The van der Waals surface area contributed by atoms with Gasteiger partial charge >= 0.3 is 0 Å². The van der Waals surface area contributed by atoms with Gasteiger partial charge < -0.3 is 14.2 Å². The molecule has 8 heteroatoms. The molecule has 1 spiro atoms. The monoisotopic (exact) mass is 439 g/mol. The summed E-state index contributed by atoms with van der Waals surface area (Å²) >= 11 is 1.73. The van der Waals surface area contributed by atoms with E-state index in [0.717, 1.165) is 74.9 Å². The number of rotatable bonds is 6. The number of aryl methyl sites for hydroxylation is 2. The second kappa shape index (κ2) is 8.67. The van der Waals surface area contributed by atoms with Crippen molar-refractivity contribution in [1.82, 2.24) is 24.6 Å². The van der Waals surface area contributed by atoms with E-state index in [0.29, 0.717) is 6.42 Å². The van der Waals surface area contributed by atoms with Gasteiger partial charge in [0.2, 0.25) is 5.91 Å². The first-order chi connectivity index (χ1) is 15.2. The van der Waals surface area contributed by atoms with Crippen LogP contribution in [0.5, 0.6) is 0 Å². The van der Waals surface area contributed by atoms with Crippen LogP contribution in [0, 0.1) is 5.41 Å². The number of para-hydroxylation sites is 1. The van der Waals surface area contributed by atoms with Crippen molar-refractivity contribution in [2.45, 2.75) is 51.5 Å². The zero-order valence-electron chi connectivity index (χ0n) is 18.0. The van der Waals surface area contributed by atoms with E-state index in [1.165, 1.54) is 4.70 Å². The lowest BCUT2D eigenvalue weighted by Gasteiger charge is -2.37. The minimum Gasteiger partial charge on any atom is -0.381 e. The first kappa shape index (κ1) is 20.6. The van der Waals surface area contributed by atoms with Gasteiger partial charge in [-0.25, -0.2) is 4.98 Å². The van der Waals surface area contributed by atoms with E-state index < -0.39 is 0 Å². The number of hydrogen-bond acceptors (Lipinski definition) is 6. The van der Waals surface area contributed by atoms with Gasteiger partial charge in [0.25, 0.3) is 0 Å². The highest BCUT2D eigenvalue weighted by molar-refractivity contribution is 7.18. The molecule has 31 heavy (non-hydrogen) atoms. The Labute approximate surface area is 186 Å². The standard InChI is InChI=1S/C23H29N5O2S/c1-2-27-16-24-26-22(27)17-14-28(15-23(17)10-12-30-13-11-23)21(29)9-5-8-20-25-18-6-3-4-7-19(18)31-20/h3-4,6-7,16-17H,2,5,8-15H2,1H3. The minimum absolute atomic E-state index is 0.0564. The summed E-state index contributed by atoms with van der Waals surface area (Å²) in [5, 5.41) is 9.74. The number of amides is 1. The predicted molar refractivity (Wildman–Crippen MR) is 120 cm³/mol. The number of carbonyl (C=O) groups is 1. The maximum Gasteiger partial charge on any atom is 0.222 e. The maximum absolute atomic E-state index is 13.1. The van der Waals surface area contributed by atoms with E-state index >= 15 is 0 Å². The molecule has 2 aromatic heterocycles. The van der Waals surface area contributed by atoms with E-state index in [1.807, 2.05) is 24.5 Å². The zero-order valence-corrected chi connectivity index (χ0v) is 18.8. The van der Waals surface area contributed by atoms with Gasteiger partial charge in [0, 0.05) is 50.6 Å². The van der Waals surface area contributed by atoms with Crippen LogP contribution in [0.2, 0.25) is 0 Å². The summed E-state index contributed by atoms with van der Waals surface area (Å²) in [5.74, 6) is 1.50. The quantitative estimate of drug-likeness (QED) is 0.586. The summed E-state index contributed by atoms with van der Waals surface area (Å²) < 4.78 is 9.00. The number of hydrogen-bond donors (Lipinski definition) is 0. The van der Waals surface area contributed by atoms with Crippen LogP contribution < -0.4 is 0 Å². The molecule has 1 unspecified atom stereocenters. The highest BCUT2D eigenvalue weighted by Gasteiger charge is 2.50. The Morgan fingerprint density at radius 1 is 1.29 bits per heavy atom. The molecule has 2 fully saturated rings. The maximum atomic E-state index is 13.1. The Kier molecular flexibility index (Phi) is 5.75. The van der Waals surface area contributed by atoms with Crippen LogP contribution in [0.15, 0.2) is 30.6 Å². The molecule has 4 heterocycles. The summed E-state index contributed by atoms with van der Waals surface area (Å²) in [6, 6.07) is 8.22. The number of nitrogens with zero attached hydrogens (tertiary/aromatic N) is 5. The molecular formula is C23H29N5O2S. The lowest BCUT2D eigenvalue weighted by molar-refractivity contribution is -0.131. The normalized spacial score (nSPS) is 20.7. The number of fused-ring (bicyclic) bond motifs is 1. The number of carbonyl (C=O) groups excluding carboxylic acids is 1. The van der Waals surface area contributed by atoms with Gasteiger partial charge in [0.15, 0.2) is 0 Å². The van der Waals surface area contributed by atoms with Gasteiger partial charge in [0.05, 0.1) is 15.2 Å². The summed E-state index contributed by atoms with van der Waals surface area (Å²) in [4.78, 5) is 19.9. The van der Waals surface area contributed by atoms with Crippen molar-refractivity contribution in [2.24, 2.45) is 5.41 Å². The molecule has 1 aromatic carbocycles. The fraction of sp³-hybridized carbons (Fsp3) is 0.565. The van der Waals surface area contributed by atoms with Crippen LogP contribution in [-0.4, -0.2) is 56.9 Å². The Morgan fingerprint density at radius 2 is 2.13 bits per heavy atom. The lowest BCUT2D eigenvalue weighted by atomic mass is 9.71. The van der Waals surface area contributed by atoms with Crippen LogP contribution in [0.25, 0.3) is 10.2 Å². The molecule has 164 valence electrons. The van der Waals surface area contributed by atoms with Crippen molar-refractivity contribution >= 4 is 27.5 Å². The van der Waals surface area contributed by atoms with Gasteiger partial charge in [-0.2, -0.15) is 0 Å². The summed E-state index contributed by atoms with van der Waals surface area (Å²) in [5.41, 5.74) is 1.11. The molecule has 1 amide bonds. The van der Waals surface area contributed by atoms with Gasteiger partial charge in [-0.05, 0) is 44.7 Å². The molecule has 7 nitrogen and oxygen atoms in total. The largest absolute Gasteiger partial charge is 0.381 e. The number of ether oxygens (including phenoxy) is 1. The zero-order chi connectivity index (χ0) is 21.3. The van der Waals surface area contributed by atoms with Gasteiger partial charge in [-0.15, -0.1) is 21.5 Å². The van der Waals surface area contributed by atoms with Gasteiger partial charge in [-0.3, -0.25) is 4.79 Å². The summed E-state index contributed by atoms with van der Waals surface area (Å²) in [6.45, 7) is 6.02. The fourth-order valence-corrected chi connectivity index (χ4v) is 6.16. The van der Waals surface area contributed by atoms with Crippen molar-refractivity contribution in [3.63, 3.8) is 0 Å². The van der Waals surface area contributed by atoms with E-state index in [2.05, 4.69) is 32.7 Å². The van der Waals surface area contributed by atoms with Crippen LogP contribution >= 0.6 is 11.3 Å². The summed E-state index contributed by atoms with van der Waals surface area (Å²) in [6.07, 6.45) is 6.01. The Hall–Kier alpha value is -2.32. The Morgan fingerprint density at radius 3 is 2.94 bits per heavy atom. The minimum atomic E-state index is 0.0564. The Balaban J connectivity index is 1.25. The Bertz CT molecular complexity index is 1020. The third-order valence-corrected chi connectivity index (χ3v) is 8.00. The first-order valence-corrected chi connectivity index (χ1v) is 12.1. The highest BCUT2D eigenvalue weighted by Crippen LogP contribution is 2.49. The first-order valence-electron chi connectivity index (χ1n) is 11.3. The van der Waals surface area contributed by atoms with Crippen molar-refractivity contribution in [1.29, 1.82) is 0 Å². The molecule has 0 saturated carbocycles. The molecule has 0 aliphatic carbocycles. The molecule has 0 N–H and O–H groups in total. The van der Waals surface area contributed by atoms with Crippen LogP contribution in [0.1, 0.15) is 49.4 Å². The highest BCUT2D eigenvalue weighted by atomic mass is 32.1. The molecule has 1 atom stereocenters. The third-order valence-electron chi connectivity index (χ3n) is 6.91. The smallest absolute Gasteiger partial charge is 0.222 e. The molecular weight excluding hydrogens is 410 g/mol. The van der Waals surface area contributed by atoms with Crippen molar-refractivity contribution in [3.8, 4) is 0 Å². The average Bonchev–Trinajstić information content (AvgIpc) is 3.50. The van der Waals surface area contributed by atoms with E-state index in [1.54, 1.807) is 11.3 Å². The topological polar surface area (TPSA) is 73.1 Å². The average molecular weight is 440 g/mol. The van der Waals surface area contributed by atoms with Crippen LogP contribution in [0.3, 0.4) is 0 Å². The molecule has 2 aliphatic heterocycles. The van der Waals surface area contributed by atoms with Crippen LogP contribution in [0.4, 0.5) is 0 Å². The second-order valence-corrected chi connectivity index (χ2v) is 9.82. The SMILES string of the molecule is CCn1cnnc1C1CN(C(=O)CCCc2nc3ccccc3s2)CC12CCOCC2. The van der Waals surface area contributed by atoms with Crippen LogP contribution in [-0.2, 0) is 22.5 Å². The molecule has 5 rings (SSSR count). The van der Waals surface area contributed by atoms with E-state index in [-0.39, 0.29) is 17.2 Å². The fourth-order valence-electron chi connectivity index (χ4n) is 5.15. The summed E-state index contributed by atoms with van der Waals surface area (Å²) in [7, 11) is 0. The number of likely N-dealkylation sites (tertiary alicyclic amines) is 1. The van der Waals surface area contributed by atoms with E-state index in [9.17, 15) is 4.79 Å². The number of thiazole rings is 1. The molecule has 2 saturated heterocycles. The second-order valence-electron chi connectivity index (χ2n) is 8.71. The molecule has 0 radical (unpaired) electrons. The van der Waals surface area contributed by atoms with E-state index in [4.69, 9.17) is 9.72 Å². The van der Waals surface area contributed by atoms with Crippen molar-refractivity contribution < 1.29 is 9.53 Å². The van der Waals surface area contributed by atoms with Crippen molar-refractivity contribution in [2.75, 3.05) is 26.3 Å². The third kappa shape index (κ3) is 3.99. The molecule has 2 aliphatic rings. The van der Waals surface area contributed by atoms with Gasteiger partial charge in [-0.1, -0.05) is 12.1 Å².